The van der Waals surface area contributed by atoms with Crippen molar-refractivity contribution in [1.82, 2.24) is 5.32 Å². The molecule has 0 heterocycles. The fourth-order valence-corrected chi connectivity index (χ4v) is 3.37. The van der Waals surface area contributed by atoms with Crippen LogP contribution in [0.4, 0.5) is 0 Å². The summed E-state index contributed by atoms with van der Waals surface area (Å²) < 4.78 is 0. The van der Waals surface area contributed by atoms with Gasteiger partial charge in [0.15, 0.2) is 5.78 Å². The number of benzene rings is 1. The van der Waals surface area contributed by atoms with Gasteiger partial charge in [0, 0.05) is 30.5 Å². The molecule has 1 aromatic carbocycles. The highest BCUT2D eigenvalue weighted by Gasteiger charge is 2.20. The number of amides is 1. The van der Waals surface area contributed by atoms with E-state index in [4.69, 9.17) is 5.73 Å². The minimum atomic E-state index is -0.0231. The Morgan fingerprint density at radius 1 is 1.04 bits per heavy atom. The van der Waals surface area contributed by atoms with Crippen molar-refractivity contribution in [2.45, 2.75) is 83.2 Å². The normalized spacial score (nSPS) is 19.5. The third-order valence-electron chi connectivity index (χ3n) is 5.06. The standard InChI is InChI=1S/C21H32N2O2.ClH/c1-2-3-4-5-16-6-8-17(9-7-16)20(24)14-15-21(25)23-19-12-10-18(22)11-13-19;/h6-9,18-19H,2-5,10-15,22H2,1H3,(H,23,25);1H. The summed E-state index contributed by atoms with van der Waals surface area (Å²) in [6, 6.07) is 8.36. The second-order valence-electron chi connectivity index (χ2n) is 7.26. The molecule has 1 saturated carbocycles. The van der Waals surface area contributed by atoms with E-state index in [9.17, 15) is 9.59 Å². The van der Waals surface area contributed by atoms with E-state index in [0.717, 1.165) is 32.1 Å². The van der Waals surface area contributed by atoms with Gasteiger partial charge >= 0.3 is 0 Å². The highest BCUT2D eigenvalue weighted by atomic mass is 35.5. The molecule has 0 spiro atoms. The zero-order valence-corrected chi connectivity index (χ0v) is 16.7. The molecule has 1 fully saturated rings. The van der Waals surface area contributed by atoms with Gasteiger partial charge in [0.05, 0.1) is 0 Å². The van der Waals surface area contributed by atoms with E-state index >= 15 is 0 Å². The van der Waals surface area contributed by atoms with E-state index in [1.54, 1.807) is 0 Å². The second-order valence-corrected chi connectivity index (χ2v) is 7.26. The average molecular weight is 381 g/mol. The number of halogens is 1. The molecule has 0 unspecified atom stereocenters. The topological polar surface area (TPSA) is 72.2 Å². The summed E-state index contributed by atoms with van der Waals surface area (Å²) in [5.41, 5.74) is 7.86. The Kier molecular flexibility index (Phi) is 10.5. The van der Waals surface area contributed by atoms with Crippen LogP contribution >= 0.6 is 12.4 Å². The van der Waals surface area contributed by atoms with Crippen molar-refractivity contribution in [3.8, 4) is 0 Å². The number of nitrogens with one attached hydrogen (secondary N) is 1. The summed E-state index contributed by atoms with van der Waals surface area (Å²) in [7, 11) is 0. The Morgan fingerprint density at radius 3 is 2.31 bits per heavy atom. The summed E-state index contributed by atoms with van der Waals surface area (Å²) in [5.74, 6) is 0.0194. The molecule has 0 bridgehead atoms. The van der Waals surface area contributed by atoms with Crippen LogP contribution in [-0.4, -0.2) is 23.8 Å². The number of Topliss-reactive ketones (excluding diaryl/α,β-unsaturated/α-hetero) is 1. The van der Waals surface area contributed by atoms with E-state index in [-0.39, 0.29) is 49.0 Å². The maximum absolute atomic E-state index is 12.3. The van der Waals surface area contributed by atoms with Gasteiger partial charge in [-0.05, 0) is 44.1 Å². The lowest BCUT2D eigenvalue weighted by Gasteiger charge is -2.26. The number of nitrogens with two attached hydrogens (primary N) is 1. The van der Waals surface area contributed by atoms with Crippen LogP contribution in [0.5, 0.6) is 0 Å². The van der Waals surface area contributed by atoms with Crippen LogP contribution in [0.3, 0.4) is 0 Å². The minimum absolute atomic E-state index is 0. The van der Waals surface area contributed by atoms with E-state index in [1.807, 2.05) is 24.3 Å². The predicted molar refractivity (Wildman–Crippen MR) is 109 cm³/mol. The first-order chi connectivity index (χ1) is 12.1. The van der Waals surface area contributed by atoms with Gasteiger partial charge in [0.1, 0.15) is 0 Å². The number of ketones is 1. The molecule has 0 atom stereocenters. The number of hydrogen-bond acceptors (Lipinski definition) is 3. The van der Waals surface area contributed by atoms with Crippen molar-refractivity contribution in [2.24, 2.45) is 5.73 Å². The molecule has 3 N–H and O–H groups in total. The average Bonchev–Trinajstić information content (AvgIpc) is 2.62. The molecule has 5 heteroatoms. The molecule has 4 nitrogen and oxygen atoms in total. The molecule has 1 aromatic rings. The molecule has 0 saturated heterocycles. The van der Waals surface area contributed by atoms with Crippen molar-refractivity contribution < 1.29 is 9.59 Å². The van der Waals surface area contributed by atoms with Crippen LogP contribution in [0.15, 0.2) is 24.3 Å². The summed E-state index contributed by atoms with van der Waals surface area (Å²) in [6.45, 7) is 2.20. The van der Waals surface area contributed by atoms with Crippen LogP contribution in [-0.2, 0) is 11.2 Å². The SMILES string of the molecule is CCCCCc1ccc(C(=O)CCC(=O)NC2CCC(N)CC2)cc1.Cl. The Labute approximate surface area is 163 Å². The third-order valence-corrected chi connectivity index (χ3v) is 5.06. The lowest BCUT2D eigenvalue weighted by Crippen LogP contribution is -2.40. The molecular weight excluding hydrogens is 348 g/mol. The first-order valence-corrected chi connectivity index (χ1v) is 9.75. The summed E-state index contributed by atoms with van der Waals surface area (Å²) in [6.07, 6.45) is 9.07. The van der Waals surface area contributed by atoms with Gasteiger partial charge in [0.25, 0.3) is 0 Å². The predicted octanol–water partition coefficient (Wildman–Crippen LogP) is 4.19. The van der Waals surface area contributed by atoms with E-state index in [0.29, 0.717) is 5.56 Å². The Bertz CT molecular complexity index is 552. The quantitative estimate of drug-likeness (QED) is 0.498. The Morgan fingerprint density at radius 2 is 1.69 bits per heavy atom. The highest BCUT2D eigenvalue weighted by molar-refractivity contribution is 5.98. The first kappa shape index (κ1) is 22.7. The molecule has 1 aliphatic rings. The fourth-order valence-electron chi connectivity index (χ4n) is 3.37. The first-order valence-electron chi connectivity index (χ1n) is 9.75. The molecule has 1 amide bonds. The lowest BCUT2D eigenvalue weighted by atomic mass is 9.91. The Hall–Kier alpha value is -1.39. The smallest absolute Gasteiger partial charge is 0.220 e. The molecule has 0 aliphatic heterocycles. The number of aryl methyl sites for hydroxylation is 1. The van der Waals surface area contributed by atoms with Crippen LogP contribution in [0.2, 0.25) is 0 Å². The van der Waals surface area contributed by atoms with Gasteiger partial charge < -0.3 is 11.1 Å². The monoisotopic (exact) mass is 380 g/mol. The van der Waals surface area contributed by atoms with Crippen LogP contribution in [0.1, 0.15) is 80.6 Å². The van der Waals surface area contributed by atoms with Crippen molar-refractivity contribution in [3.05, 3.63) is 35.4 Å². The number of rotatable bonds is 9. The van der Waals surface area contributed by atoms with Crippen molar-refractivity contribution in [2.75, 3.05) is 0 Å². The minimum Gasteiger partial charge on any atom is -0.353 e. The van der Waals surface area contributed by atoms with Crippen molar-refractivity contribution in [3.63, 3.8) is 0 Å². The third kappa shape index (κ3) is 7.88. The molecule has 2 rings (SSSR count). The van der Waals surface area contributed by atoms with Crippen LogP contribution in [0.25, 0.3) is 0 Å². The number of hydrogen-bond donors (Lipinski definition) is 2. The lowest BCUT2D eigenvalue weighted by molar-refractivity contribution is -0.122. The molecule has 26 heavy (non-hydrogen) atoms. The van der Waals surface area contributed by atoms with Gasteiger partial charge in [-0.25, -0.2) is 0 Å². The molecule has 0 radical (unpaired) electrons. The van der Waals surface area contributed by atoms with Gasteiger partial charge in [-0.15, -0.1) is 12.4 Å². The van der Waals surface area contributed by atoms with Crippen molar-refractivity contribution >= 4 is 24.1 Å². The second kappa shape index (κ2) is 12.1. The highest BCUT2D eigenvalue weighted by Crippen LogP contribution is 2.17. The largest absolute Gasteiger partial charge is 0.353 e. The molecule has 0 aromatic heterocycles. The number of carbonyl (C=O) groups excluding carboxylic acids is 2. The van der Waals surface area contributed by atoms with Gasteiger partial charge in [-0.2, -0.15) is 0 Å². The van der Waals surface area contributed by atoms with Crippen molar-refractivity contribution in [1.29, 1.82) is 0 Å². The maximum Gasteiger partial charge on any atom is 0.220 e. The van der Waals surface area contributed by atoms with E-state index in [1.165, 1.54) is 24.8 Å². The van der Waals surface area contributed by atoms with Gasteiger partial charge in [-0.1, -0.05) is 44.0 Å². The number of carbonyl (C=O) groups is 2. The zero-order chi connectivity index (χ0) is 18.1. The maximum atomic E-state index is 12.3. The van der Waals surface area contributed by atoms with Crippen LogP contribution < -0.4 is 11.1 Å². The molecule has 146 valence electrons. The molecular formula is C21H33ClN2O2. The zero-order valence-electron chi connectivity index (χ0n) is 15.8. The summed E-state index contributed by atoms with van der Waals surface area (Å²) >= 11 is 0. The fraction of sp³-hybridized carbons (Fsp3) is 0.619. The summed E-state index contributed by atoms with van der Waals surface area (Å²) in [5, 5.41) is 3.04. The van der Waals surface area contributed by atoms with Crippen LogP contribution in [0, 0.1) is 0 Å². The van der Waals surface area contributed by atoms with Gasteiger partial charge in [0.2, 0.25) is 5.91 Å². The Balaban J connectivity index is 0.00000338. The van der Waals surface area contributed by atoms with E-state index < -0.39 is 0 Å². The number of unbranched alkanes of at least 4 members (excludes halogenated alkanes) is 2. The van der Waals surface area contributed by atoms with Gasteiger partial charge in [-0.3, -0.25) is 9.59 Å². The molecule has 1 aliphatic carbocycles. The summed E-state index contributed by atoms with van der Waals surface area (Å²) in [4.78, 5) is 24.3. The van der Waals surface area contributed by atoms with E-state index in [2.05, 4.69) is 12.2 Å².